The van der Waals surface area contributed by atoms with Gasteiger partial charge in [0.1, 0.15) is 11.5 Å². The number of carbonyl (C=O) groups excluding carboxylic acids is 1. The van der Waals surface area contributed by atoms with Crippen LogP contribution in [0.25, 0.3) is 0 Å². The first-order valence-electron chi connectivity index (χ1n) is 10.7. The summed E-state index contributed by atoms with van der Waals surface area (Å²) < 4.78 is 69.8. The van der Waals surface area contributed by atoms with Gasteiger partial charge in [-0.15, -0.1) is 0 Å². The molecule has 4 fully saturated rings. The number of halogens is 3. The van der Waals surface area contributed by atoms with E-state index in [1.165, 1.54) is 12.1 Å². The summed E-state index contributed by atoms with van der Waals surface area (Å²) >= 11 is 0. The van der Waals surface area contributed by atoms with Gasteiger partial charge in [0.2, 0.25) is 15.9 Å². The van der Waals surface area contributed by atoms with E-state index >= 15 is 0 Å². The molecule has 32 heavy (non-hydrogen) atoms. The number of allylic oxidation sites excluding steroid dienone is 1. The summed E-state index contributed by atoms with van der Waals surface area (Å²) in [6.45, 7) is 0. The second-order valence-electron chi connectivity index (χ2n) is 9.82. The number of carbonyl (C=O) groups is 1. The Labute approximate surface area is 184 Å². The maximum absolute atomic E-state index is 13.8. The van der Waals surface area contributed by atoms with Crippen LogP contribution in [0.4, 0.5) is 13.2 Å². The highest BCUT2D eigenvalue weighted by Gasteiger charge is 2.59. The number of nitrogens with one attached hydrogen (secondary N) is 2. The van der Waals surface area contributed by atoms with Gasteiger partial charge in [-0.1, -0.05) is 0 Å². The molecule has 0 aromatic heterocycles. The molecule has 1 aliphatic heterocycles. The van der Waals surface area contributed by atoms with E-state index < -0.39 is 50.9 Å². The number of hydrogen-bond acceptors (Lipinski definition) is 4. The topological polar surface area (TPSA) is 87.6 Å². The monoisotopic (exact) mass is 467 g/mol. The van der Waals surface area contributed by atoms with Crippen LogP contribution in [-0.2, 0) is 14.8 Å². The molecule has 0 spiro atoms. The van der Waals surface area contributed by atoms with E-state index in [0.717, 1.165) is 24.8 Å². The smallest absolute Gasteiger partial charge is 0.306 e. The van der Waals surface area contributed by atoms with Gasteiger partial charge in [-0.2, -0.15) is 8.78 Å². The fourth-order valence-electron chi connectivity index (χ4n) is 6.54. The Hall–Kier alpha value is -2.20. The van der Waals surface area contributed by atoms with Crippen molar-refractivity contribution in [2.45, 2.75) is 66.8 Å². The maximum atomic E-state index is 13.8. The van der Waals surface area contributed by atoms with Crippen LogP contribution in [0.5, 0.6) is 0 Å². The third-order valence-corrected chi connectivity index (χ3v) is 8.76. The van der Waals surface area contributed by atoms with Gasteiger partial charge in [0.05, 0.1) is 11.3 Å². The predicted molar refractivity (Wildman–Crippen MR) is 111 cm³/mol. The Balaban J connectivity index is 1.35. The lowest BCUT2D eigenvalue weighted by molar-refractivity contribution is -0.126. The fourth-order valence-corrected chi connectivity index (χ4v) is 7.97. The van der Waals surface area contributed by atoms with Crippen LogP contribution in [0.3, 0.4) is 0 Å². The van der Waals surface area contributed by atoms with Crippen molar-refractivity contribution in [2.75, 3.05) is 0 Å². The molecule has 6 rings (SSSR count). The van der Waals surface area contributed by atoms with Crippen molar-refractivity contribution in [2.24, 2.45) is 16.8 Å². The van der Waals surface area contributed by atoms with Gasteiger partial charge in [0, 0.05) is 23.4 Å². The molecule has 1 amide bonds. The minimum absolute atomic E-state index is 0.0123. The first-order chi connectivity index (χ1) is 15.0. The molecule has 0 saturated heterocycles. The summed E-state index contributed by atoms with van der Waals surface area (Å²) in [7, 11) is -3.88. The van der Waals surface area contributed by atoms with Gasteiger partial charge < -0.3 is 5.32 Å². The number of nitrogens with zero attached hydrogens (tertiary/aromatic N) is 1. The van der Waals surface area contributed by atoms with Crippen molar-refractivity contribution in [3.8, 4) is 0 Å². The van der Waals surface area contributed by atoms with Gasteiger partial charge >= 0.3 is 5.92 Å². The number of aliphatic imine (C=N–C) groups is 1. The molecular formula is C22H24F3N3O3S. The van der Waals surface area contributed by atoms with Crippen LogP contribution in [0.1, 0.15) is 44.9 Å². The maximum Gasteiger partial charge on any atom is 0.306 e. The van der Waals surface area contributed by atoms with Crippen LogP contribution in [0.15, 0.2) is 46.4 Å². The van der Waals surface area contributed by atoms with Crippen molar-refractivity contribution in [3.63, 3.8) is 0 Å². The molecule has 4 bridgehead atoms. The van der Waals surface area contributed by atoms with Crippen LogP contribution in [0, 0.1) is 17.7 Å². The molecule has 1 aromatic carbocycles. The minimum Gasteiger partial charge on any atom is -0.350 e. The molecule has 5 aliphatic rings. The highest BCUT2D eigenvalue weighted by molar-refractivity contribution is 7.89. The normalized spacial score (nSPS) is 34.5. The van der Waals surface area contributed by atoms with E-state index in [-0.39, 0.29) is 16.7 Å². The zero-order chi connectivity index (χ0) is 22.8. The molecule has 10 heteroatoms. The van der Waals surface area contributed by atoms with E-state index in [2.05, 4.69) is 15.0 Å². The first kappa shape index (κ1) is 21.6. The highest BCUT2D eigenvalue weighted by Crippen LogP contribution is 2.57. The Morgan fingerprint density at radius 2 is 1.69 bits per heavy atom. The Morgan fingerprint density at radius 3 is 2.28 bits per heavy atom. The number of benzene rings is 1. The van der Waals surface area contributed by atoms with Crippen LogP contribution < -0.4 is 10.0 Å². The van der Waals surface area contributed by atoms with Crippen LogP contribution in [0.2, 0.25) is 0 Å². The second kappa shape index (κ2) is 7.15. The van der Waals surface area contributed by atoms with Crippen molar-refractivity contribution in [3.05, 3.63) is 42.4 Å². The molecule has 172 valence electrons. The SMILES string of the molecule is O=C(CC1=NC=CC1(F)F)NC12CC3CC(C1)CC(NS(=O)(=O)c1ccc(F)cc1)(C3)C2. The average Bonchev–Trinajstić information content (AvgIpc) is 2.97. The van der Waals surface area contributed by atoms with Gasteiger partial charge in [0.25, 0.3) is 0 Å². The molecule has 1 heterocycles. The predicted octanol–water partition coefficient (Wildman–Crippen LogP) is 3.31. The molecule has 2 atom stereocenters. The summed E-state index contributed by atoms with van der Waals surface area (Å²) in [4.78, 5) is 16.3. The van der Waals surface area contributed by atoms with E-state index in [0.29, 0.717) is 38.2 Å². The van der Waals surface area contributed by atoms with Crippen LogP contribution in [-0.4, -0.2) is 37.0 Å². The largest absolute Gasteiger partial charge is 0.350 e. The third kappa shape index (κ3) is 3.87. The zero-order valence-electron chi connectivity index (χ0n) is 17.3. The number of alkyl halides is 2. The van der Waals surface area contributed by atoms with E-state index in [1.54, 1.807) is 0 Å². The standard InChI is InChI=1S/C22H24F3N3O3S/c23-16-1-3-17(4-2-16)32(30,31)28-21-11-14-7-15(12-21)10-20(9-14,13-21)27-19(29)8-18-22(24,25)5-6-26-18/h1-6,14-15,28H,7-13H2,(H,27,29). The second-order valence-corrected chi connectivity index (χ2v) is 11.5. The van der Waals surface area contributed by atoms with E-state index in [1.807, 2.05) is 0 Å². The highest BCUT2D eigenvalue weighted by atomic mass is 32.2. The van der Waals surface area contributed by atoms with Gasteiger partial charge in [-0.3, -0.25) is 9.79 Å². The van der Waals surface area contributed by atoms with Gasteiger partial charge in [0.15, 0.2) is 0 Å². The van der Waals surface area contributed by atoms with E-state index in [9.17, 15) is 26.4 Å². The molecule has 2 unspecified atom stereocenters. The van der Waals surface area contributed by atoms with Crippen LogP contribution >= 0.6 is 0 Å². The summed E-state index contributed by atoms with van der Waals surface area (Å²) in [5, 5.41) is 2.98. The molecular weight excluding hydrogens is 443 g/mol. The zero-order valence-corrected chi connectivity index (χ0v) is 18.1. The Kier molecular flexibility index (Phi) is 4.83. The summed E-state index contributed by atoms with van der Waals surface area (Å²) in [6.07, 6.45) is 5.28. The minimum atomic E-state index is -3.88. The fraction of sp³-hybridized carbons (Fsp3) is 0.545. The average molecular weight is 468 g/mol. The Morgan fingerprint density at radius 1 is 1.06 bits per heavy atom. The quantitative estimate of drug-likeness (QED) is 0.673. The van der Waals surface area contributed by atoms with E-state index in [4.69, 9.17) is 0 Å². The number of amides is 1. The lowest BCUT2D eigenvalue weighted by Gasteiger charge is -2.62. The molecule has 6 nitrogen and oxygen atoms in total. The lowest BCUT2D eigenvalue weighted by atomic mass is 9.50. The number of sulfonamides is 1. The molecule has 4 saturated carbocycles. The molecule has 2 N–H and O–H groups in total. The van der Waals surface area contributed by atoms with Crippen molar-refractivity contribution < 1.29 is 26.4 Å². The van der Waals surface area contributed by atoms with Crippen molar-refractivity contribution in [1.29, 1.82) is 0 Å². The Bertz CT molecular complexity index is 1100. The summed E-state index contributed by atoms with van der Waals surface area (Å²) in [5.74, 6) is -3.79. The molecule has 0 radical (unpaired) electrons. The van der Waals surface area contributed by atoms with Crippen molar-refractivity contribution >= 4 is 21.6 Å². The van der Waals surface area contributed by atoms with Crippen molar-refractivity contribution in [1.82, 2.24) is 10.0 Å². The molecule has 1 aromatic rings. The third-order valence-electron chi connectivity index (χ3n) is 7.17. The first-order valence-corrected chi connectivity index (χ1v) is 12.2. The molecule has 4 aliphatic carbocycles. The number of rotatable bonds is 6. The van der Waals surface area contributed by atoms with Gasteiger partial charge in [-0.25, -0.2) is 17.5 Å². The summed E-state index contributed by atoms with van der Waals surface area (Å²) in [5.41, 5.74) is -1.83. The van der Waals surface area contributed by atoms with Gasteiger partial charge in [-0.05, 0) is 74.6 Å². The number of hydrogen-bond donors (Lipinski definition) is 2. The summed E-state index contributed by atoms with van der Waals surface area (Å²) in [6, 6.07) is 4.66. The lowest BCUT2D eigenvalue weighted by Crippen LogP contribution is -2.69.